The molecule has 0 radical (unpaired) electrons. The number of esters is 1. The molecule has 0 fully saturated rings. The molecule has 1 aromatic rings. The molecular weight excluding hydrogens is 308 g/mol. The van der Waals surface area contributed by atoms with Gasteiger partial charge in [-0.05, 0) is 24.1 Å². The van der Waals surface area contributed by atoms with Crippen LogP contribution in [-0.2, 0) is 14.3 Å². The van der Waals surface area contributed by atoms with Crippen LogP contribution in [0, 0.1) is 0 Å². The summed E-state index contributed by atoms with van der Waals surface area (Å²) in [6.07, 6.45) is 5.49. The Balaban J connectivity index is 0.000000186. The van der Waals surface area contributed by atoms with Crippen molar-refractivity contribution in [2.75, 3.05) is 6.61 Å². The number of benzene rings is 1. The van der Waals surface area contributed by atoms with Crippen LogP contribution in [0.4, 0.5) is 0 Å². The number of cyclic esters (lactones) is 1. The average molecular weight is 323 g/mol. The smallest absolute Gasteiger partial charge is 0.322 e. The van der Waals surface area contributed by atoms with Crippen molar-refractivity contribution in [1.29, 1.82) is 0 Å². The first-order valence-electron chi connectivity index (χ1n) is 6.03. The lowest BCUT2D eigenvalue weighted by Gasteiger charge is -2.07. The van der Waals surface area contributed by atoms with Gasteiger partial charge < -0.3 is 9.47 Å². The SMILES string of the molecule is BrC1C=CCO1.CC1=COC(=O)C1c1ccccc1. The van der Waals surface area contributed by atoms with Gasteiger partial charge in [0, 0.05) is 0 Å². The largest absolute Gasteiger partial charge is 0.434 e. The number of carbonyl (C=O) groups is 1. The van der Waals surface area contributed by atoms with Crippen LogP contribution in [-0.4, -0.2) is 17.6 Å². The normalized spacial score (nSPS) is 24.5. The highest BCUT2D eigenvalue weighted by molar-refractivity contribution is 9.09. The minimum atomic E-state index is -0.193. The van der Waals surface area contributed by atoms with Crippen LogP contribution >= 0.6 is 15.9 Å². The minimum absolute atomic E-state index is 0.177. The van der Waals surface area contributed by atoms with Gasteiger partial charge in [0.05, 0.1) is 12.9 Å². The summed E-state index contributed by atoms with van der Waals surface area (Å²) in [6, 6.07) is 9.66. The molecule has 19 heavy (non-hydrogen) atoms. The first kappa shape index (κ1) is 14.0. The number of rotatable bonds is 1. The second-order valence-corrected chi connectivity index (χ2v) is 5.16. The van der Waals surface area contributed by atoms with E-state index in [1.54, 1.807) is 0 Å². The van der Waals surface area contributed by atoms with Crippen LogP contribution in [0.1, 0.15) is 18.4 Å². The van der Waals surface area contributed by atoms with E-state index in [0.29, 0.717) is 0 Å². The number of hydrogen-bond donors (Lipinski definition) is 0. The molecule has 1 aromatic carbocycles. The van der Waals surface area contributed by atoms with Gasteiger partial charge in [0.25, 0.3) is 0 Å². The topological polar surface area (TPSA) is 35.5 Å². The van der Waals surface area contributed by atoms with E-state index in [0.717, 1.165) is 17.7 Å². The third kappa shape index (κ3) is 3.78. The molecule has 2 aliphatic rings. The van der Waals surface area contributed by atoms with E-state index in [9.17, 15) is 4.79 Å². The summed E-state index contributed by atoms with van der Waals surface area (Å²) < 4.78 is 9.79. The molecule has 3 rings (SSSR count). The van der Waals surface area contributed by atoms with Crippen LogP contribution in [0.5, 0.6) is 0 Å². The first-order chi connectivity index (χ1) is 9.18. The van der Waals surface area contributed by atoms with Gasteiger partial charge in [-0.15, -0.1) is 0 Å². The second kappa shape index (κ2) is 6.68. The molecule has 0 bridgehead atoms. The molecule has 0 spiro atoms. The number of alkyl halides is 1. The summed E-state index contributed by atoms with van der Waals surface area (Å²) in [5, 5.41) is 0.178. The van der Waals surface area contributed by atoms with Crippen molar-refractivity contribution in [2.24, 2.45) is 0 Å². The molecule has 3 nitrogen and oxygen atoms in total. The number of carbonyl (C=O) groups excluding carboxylic acids is 1. The fraction of sp³-hybridized carbons (Fsp3) is 0.267. The van der Waals surface area contributed by atoms with Gasteiger partial charge in [-0.1, -0.05) is 52.3 Å². The Morgan fingerprint density at radius 3 is 2.42 bits per heavy atom. The fourth-order valence-corrected chi connectivity index (χ4v) is 2.25. The standard InChI is InChI=1S/C11H10O2.C4H5BrO/c1-8-7-13-11(12)10(8)9-5-3-2-4-6-9;5-4-2-1-3-6-4/h2-7,10H,1H3;1-2,4H,3H2. The Labute approximate surface area is 121 Å². The molecule has 2 aliphatic heterocycles. The Morgan fingerprint density at radius 2 is 2.00 bits per heavy atom. The van der Waals surface area contributed by atoms with Crippen LogP contribution in [0.15, 0.2) is 54.3 Å². The summed E-state index contributed by atoms with van der Waals surface area (Å²) in [7, 11) is 0. The van der Waals surface area contributed by atoms with E-state index < -0.39 is 0 Å². The fourth-order valence-electron chi connectivity index (χ4n) is 1.88. The lowest BCUT2D eigenvalue weighted by Crippen LogP contribution is -2.08. The number of ether oxygens (including phenoxy) is 2. The highest BCUT2D eigenvalue weighted by Gasteiger charge is 2.28. The number of halogens is 1. The maximum atomic E-state index is 11.3. The Morgan fingerprint density at radius 1 is 1.26 bits per heavy atom. The van der Waals surface area contributed by atoms with E-state index in [1.807, 2.05) is 49.4 Å². The molecular formula is C15H15BrO3. The van der Waals surface area contributed by atoms with E-state index in [4.69, 9.17) is 9.47 Å². The zero-order valence-electron chi connectivity index (χ0n) is 10.6. The molecule has 0 amide bonds. The Bertz CT molecular complexity index is 493. The van der Waals surface area contributed by atoms with Crippen LogP contribution in [0.25, 0.3) is 0 Å². The summed E-state index contributed by atoms with van der Waals surface area (Å²) >= 11 is 3.23. The van der Waals surface area contributed by atoms with Crippen LogP contribution < -0.4 is 0 Å². The van der Waals surface area contributed by atoms with Crippen molar-refractivity contribution >= 4 is 21.9 Å². The Hall–Kier alpha value is -1.39. The highest BCUT2D eigenvalue weighted by Crippen LogP contribution is 2.29. The molecule has 0 aromatic heterocycles. The van der Waals surface area contributed by atoms with Crippen molar-refractivity contribution in [3.05, 3.63) is 59.9 Å². The lowest BCUT2D eigenvalue weighted by atomic mass is 9.94. The van der Waals surface area contributed by atoms with Crippen LogP contribution in [0.3, 0.4) is 0 Å². The quantitative estimate of drug-likeness (QED) is 0.451. The summed E-state index contributed by atoms with van der Waals surface area (Å²) in [5.74, 6) is -0.370. The molecule has 2 heterocycles. The molecule has 0 N–H and O–H groups in total. The zero-order valence-corrected chi connectivity index (χ0v) is 12.2. The summed E-state index contributed by atoms with van der Waals surface area (Å²) in [6.45, 7) is 2.67. The lowest BCUT2D eigenvalue weighted by molar-refractivity contribution is -0.136. The minimum Gasteiger partial charge on any atom is -0.434 e. The van der Waals surface area contributed by atoms with Crippen molar-refractivity contribution in [2.45, 2.75) is 17.9 Å². The molecule has 100 valence electrons. The maximum absolute atomic E-state index is 11.3. The van der Waals surface area contributed by atoms with E-state index in [1.165, 1.54) is 6.26 Å². The van der Waals surface area contributed by atoms with Crippen molar-refractivity contribution in [3.63, 3.8) is 0 Å². The van der Waals surface area contributed by atoms with Gasteiger partial charge in [0.1, 0.15) is 10.9 Å². The van der Waals surface area contributed by atoms with Gasteiger partial charge in [0.15, 0.2) is 0 Å². The Kier molecular flexibility index (Phi) is 4.93. The van der Waals surface area contributed by atoms with E-state index >= 15 is 0 Å². The molecule has 0 saturated heterocycles. The molecule has 4 heteroatoms. The van der Waals surface area contributed by atoms with Gasteiger partial charge in [-0.3, -0.25) is 4.79 Å². The van der Waals surface area contributed by atoms with E-state index in [2.05, 4.69) is 15.9 Å². The first-order valence-corrected chi connectivity index (χ1v) is 6.94. The predicted molar refractivity (Wildman–Crippen MR) is 76.8 cm³/mol. The average Bonchev–Trinajstić information content (AvgIpc) is 3.01. The predicted octanol–water partition coefficient (Wildman–Crippen LogP) is 3.52. The highest BCUT2D eigenvalue weighted by atomic mass is 79.9. The van der Waals surface area contributed by atoms with E-state index in [-0.39, 0.29) is 16.9 Å². The monoisotopic (exact) mass is 322 g/mol. The van der Waals surface area contributed by atoms with Crippen molar-refractivity contribution in [1.82, 2.24) is 0 Å². The number of hydrogen-bond acceptors (Lipinski definition) is 3. The third-order valence-corrected chi connectivity index (χ3v) is 3.39. The summed E-state index contributed by atoms with van der Waals surface area (Å²) in [4.78, 5) is 11.3. The molecule has 2 atom stereocenters. The van der Waals surface area contributed by atoms with Gasteiger partial charge in [-0.2, -0.15) is 0 Å². The molecule has 2 unspecified atom stereocenters. The van der Waals surface area contributed by atoms with Crippen LogP contribution in [0.2, 0.25) is 0 Å². The van der Waals surface area contributed by atoms with Gasteiger partial charge >= 0.3 is 5.97 Å². The van der Waals surface area contributed by atoms with Crippen molar-refractivity contribution < 1.29 is 14.3 Å². The maximum Gasteiger partial charge on any atom is 0.322 e. The van der Waals surface area contributed by atoms with Crippen molar-refractivity contribution in [3.8, 4) is 0 Å². The third-order valence-electron chi connectivity index (χ3n) is 2.82. The van der Waals surface area contributed by atoms with Gasteiger partial charge in [0.2, 0.25) is 0 Å². The van der Waals surface area contributed by atoms with Gasteiger partial charge in [-0.25, -0.2) is 0 Å². The molecule has 0 aliphatic carbocycles. The zero-order chi connectivity index (χ0) is 13.7. The molecule has 0 saturated carbocycles. The summed E-state index contributed by atoms with van der Waals surface area (Å²) in [5.41, 5.74) is 1.97. The second-order valence-electron chi connectivity index (χ2n) is 4.26.